The molecule has 0 aliphatic heterocycles. The number of pyridine rings is 2. The standard InChI is InChI=1S/C29H31ClFN9O/c1-16-19(6-7-23(31)36-16)26(22-14-40(39-38-22)29(27(33)41)8-5-9-29)37-18-10-20-24(35-15-28(2,3)4)17(12-32)13-34-25(20)21(30)11-18/h6-7,10-11,13-14,26,37H,5,8-9,15H2,1-4H3,(H2,33,41)(H,34,35)/t26-/m0/s1. The number of benzene rings is 1. The zero-order valence-corrected chi connectivity index (χ0v) is 24.1. The number of hydrogen-bond acceptors (Lipinski definition) is 8. The molecule has 1 fully saturated rings. The third kappa shape index (κ3) is 5.39. The minimum atomic E-state index is -0.912. The Morgan fingerprint density at radius 2 is 2.07 bits per heavy atom. The summed E-state index contributed by atoms with van der Waals surface area (Å²) < 4.78 is 15.5. The maximum absolute atomic E-state index is 14.0. The highest BCUT2D eigenvalue weighted by molar-refractivity contribution is 6.35. The Hall–Kier alpha value is -4.30. The molecule has 1 atom stereocenters. The van der Waals surface area contributed by atoms with Crippen LogP contribution >= 0.6 is 11.6 Å². The van der Waals surface area contributed by atoms with Crippen molar-refractivity contribution in [2.75, 3.05) is 17.2 Å². The maximum Gasteiger partial charge on any atom is 0.245 e. The van der Waals surface area contributed by atoms with Crippen LogP contribution in [0.25, 0.3) is 10.9 Å². The highest BCUT2D eigenvalue weighted by Gasteiger charge is 2.46. The molecule has 0 saturated heterocycles. The first-order chi connectivity index (χ1) is 19.4. The van der Waals surface area contributed by atoms with Crippen LogP contribution in [-0.2, 0) is 10.3 Å². The number of aromatic nitrogens is 5. The first-order valence-corrected chi connectivity index (χ1v) is 13.7. The van der Waals surface area contributed by atoms with E-state index in [0.717, 1.165) is 6.42 Å². The van der Waals surface area contributed by atoms with E-state index in [2.05, 4.69) is 57.8 Å². The Bertz CT molecular complexity index is 1680. The molecule has 212 valence electrons. The molecule has 1 saturated carbocycles. The van der Waals surface area contributed by atoms with Crippen molar-refractivity contribution in [3.05, 3.63) is 70.1 Å². The van der Waals surface area contributed by atoms with E-state index in [1.807, 2.05) is 6.07 Å². The van der Waals surface area contributed by atoms with Crippen molar-refractivity contribution in [2.45, 2.75) is 58.5 Å². The van der Waals surface area contributed by atoms with Gasteiger partial charge in [-0.25, -0.2) is 9.67 Å². The lowest BCUT2D eigenvalue weighted by molar-refractivity contribution is -0.131. The SMILES string of the molecule is Cc1nc(F)ccc1[C@H](Nc1cc(Cl)c2ncc(C#N)c(NCC(C)(C)C)c2c1)c1cn(C2(C(N)=O)CCC2)nn1. The smallest absolute Gasteiger partial charge is 0.245 e. The van der Waals surface area contributed by atoms with Gasteiger partial charge in [-0.05, 0) is 49.8 Å². The van der Waals surface area contributed by atoms with Crippen LogP contribution in [0.3, 0.4) is 0 Å². The molecule has 1 aromatic carbocycles. The van der Waals surface area contributed by atoms with E-state index in [-0.39, 0.29) is 5.41 Å². The summed E-state index contributed by atoms with van der Waals surface area (Å²) in [6, 6.07) is 8.09. The van der Waals surface area contributed by atoms with Crippen LogP contribution in [0.4, 0.5) is 15.8 Å². The van der Waals surface area contributed by atoms with E-state index in [4.69, 9.17) is 17.3 Å². The van der Waals surface area contributed by atoms with Gasteiger partial charge in [0.05, 0.1) is 34.0 Å². The van der Waals surface area contributed by atoms with E-state index < -0.39 is 23.4 Å². The van der Waals surface area contributed by atoms with Crippen molar-refractivity contribution >= 4 is 39.8 Å². The Morgan fingerprint density at radius 3 is 2.68 bits per heavy atom. The molecule has 0 bridgehead atoms. The van der Waals surface area contributed by atoms with Gasteiger partial charge in [-0.15, -0.1) is 5.10 Å². The van der Waals surface area contributed by atoms with Gasteiger partial charge in [-0.1, -0.05) is 43.7 Å². The predicted molar refractivity (Wildman–Crippen MR) is 155 cm³/mol. The lowest BCUT2D eigenvalue weighted by Gasteiger charge is -2.38. The van der Waals surface area contributed by atoms with Gasteiger partial charge >= 0.3 is 0 Å². The molecule has 4 aromatic rings. The zero-order chi connectivity index (χ0) is 29.5. The molecule has 12 heteroatoms. The van der Waals surface area contributed by atoms with Gasteiger partial charge in [0.2, 0.25) is 11.9 Å². The minimum absolute atomic E-state index is 0.0469. The number of carbonyl (C=O) groups is 1. The van der Waals surface area contributed by atoms with E-state index in [9.17, 15) is 14.4 Å². The third-order valence-electron chi connectivity index (χ3n) is 7.44. The molecule has 1 aliphatic carbocycles. The lowest BCUT2D eigenvalue weighted by Crippen LogP contribution is -2.51. The summed E-state index contributed by atoms with van der Waals surface area (Å²) in [6.45, 7) is 8.61. The average Bonchev–Trinajstić information content (AvgIpc) is 3.34. The number of primary amides is 1. The predicted octanol–water partition coefficient (Wildman–Crippen LogP) is 5.22. The number of nitrogens with two attached hydrogens (primary N) is 1. The van der Waals surface area contributed by atoms with Crippen LogP contribution in [0.15, 0.2) is 36.7 Å². The van der Waals surface area contributed by atoms with Crippen molar-refractivity contribution < 1.29 is 9.18 Å². The van der Waals surface area contributed by atoms with Crippen molar-refractivity contribution in [3.8, 4) is 6.07 Å². The van der Waals surface area contributed by atoms with Gasteiger partial charge in [-0.3, -0.25) is 9.78 Å². The molecule has 1 aliphatic rings. The van der Waals surface area contributed by atoms with E-state index in [1.54, 1.807) is 25.3 Å². The summed E-state index contributed by atoms with van der Waals surface area (Å²) in [5.74, 6) is -1.06. The number of rotatable bonds is 8. The number of halogens is 2. The summed E-state index contributed by atoms with van der Waals surface area (Å²) >= 11 is 6.71. The highest BCUT2D eigenvalue weighted by atomic mass is 35.5. The fourth-order valence-corrected chi connectivity index (χ4v) is 5.28. The number of amides is 1. The van der Waals surface area contributed by atoms with Crippen LogP contribution in [-0.4, -0.2) is 37.4 Å². The fourth-order valence-electron chi connectivity index (χ4n) is 5.01. The van der Waals surface area contributed by atoms with Crippen molar-refractivity contribution in [3.63, 3.8) is 0 Å². The number of aryl methyl sites for hydroxylation is 1. The molecule has 0 radical (unpaired) electrons. The number of nitrogens with one attached hydrogen (secondary N) is 2. The van der Waals surface area contributed by atoms with Gasteiger partial charge in [0.15, 0.2) is 0 Å². The quantitative estimate of drug-likeness (QED) is 0.242. The zero-order valence-electron chi connectivity index (χ0n) is 23.3. The summed E-state index contributed by atoms with van der Waals surface area (Å²) in [5, 5.41) is 26.4. The minimum Gasteiger partial charge on any atom is -0.383 e. The monoisotopic (exact) mass is 575 g/mol. The Kier molecular flexibility index (Phi) is 7.30. The summed E-state index contributed by atoms with van der Waals surface area (Å²) in [4.78, 5) is 20.8. The number of nitrogens with zero attached hydrogens (tertiary/aromatic N) is 6. The summed E-state index contributed by atoms with van der Waals surface area (Å²) in [5.41, 5.74) is 8.56. The molecule has 3 aromatic heterocycles. The van der Waals surface area contributed by atoms with Crippen LogP contribution < -0.4 is 16.4 Å². The number of carbonyl (C=O) groups excluding carboxylic acids is 1. The molecule has 41 heavy (non-hydrogen) atoms. The highest BCUT2D eigenvalue weighted by Crippen LogP contribution is 2.40. The molecule has 4 N–H and O–H groups in total. The average molecular weight is 576 g/mol. The molecule has 1 amide bonds. The maximum atomic E-state index is 14.0. The first kappa shape index (κ1) is 28.2. The molecule has 5 rings (SSSR count). The molecule has 10 nitrogen and oxygen atoms in total. The van der Waals surface area contributed by atoms with Gasteiger partial charge in [0.1, 0.15) is 17.3 Å². The molecule has 0 unspecified atom stereocenters. The topological polar surface area (TPSA) is 147 Å². The van der Waals surface area contributed by atoms with E-state index >= 15 is 0 Å². The number of fused-ring (bicyclic) bond motifs is 1. The van der Waals surface area contributed by atoms with E-state index in [1.165, 1.54) is 16.9 Å². The lowest BCUT2D eigenvalue weighted by atomic mass is 9.76. The van der Waals surface area contributed by atoms with Gasteiger partial charge in [-0.2, -0.15) is 9.65 Å². The molecule has 3 heterocycles. The van der Waals surface area contributed by atoms with E-state index in [0.29, 0.717) is 69.2 Å². The van der Waals surface area contributed by atoms with Gasteiger partial charge in [0.25, 0.3) is 0 Å². The summed E-state index contributed by atoms with van der Waals surface area (Å²) in [6.07, 6.45) is 5.23. The first-order valence-electron chi connectivity index (χ1n) is 13.3. The molecule has 0 spiro atoms. The normalized spacial score (nSPS) is 15.1. The number of nitriles is 1. The Balaban J connectivity index is 1.61. The van der Waals surface area contributed by atoms with Gasteiger partial charge in [0, 0.05) is 35.1 Å². The fraction of sp³-hybridized carbons (Fsp3) is 0.379. The van der Waals surface area contributed by atoms with Gasteiger partial charge < -0.3 is 16.4 Å². The van der Waals surface area contributed by atoms with Crippen LogP contribution in [0.5, 0.6) is 0 Å². The van der Waals surface area contributed by atoms with Crippen LogP contribution in [0, 0.1) is 29.6 Å². The Labute approximate surface area is 242 Å². The second kappa shape index (κ2) is 10.6. The van der Waals surface area contributed by atoms with Crippen molar-refractivity contribution in [1.82, 2.24) is 25.0 Å². The Morgan fingerprint density at radius 1 is 1.32 bits per heavy atom. The largest absolute Gasteiger partial charge is 0.383 e. The number of hydrogen-bond donors (Lipinski definition) is 3. The third-order valence-corrected chi connectivity index (χ3v) is 7.73. The second-order valence-electron chi connectivity index (χ2n) is 11.7. The van der Waals surface area contributed by atoms with Crippen LogP contribution in [0.1, 0.15) is 68.6 Å². The van der Waals surface area contributed by atoms with Crippen LogP contribution in [0.2, 0.25) is 5.02 Å². The van der Waals surface area contributed by atoms with Crippen molar-refractivity contribution in [2.24, 2.45) is 11.1 Å². The second-order valence-corrected chi connectivity index (χ2v) is 12.1. The van der Waals surface area contributed by atoms with Crippen molar-refractivity contribution in [1.29, 1.82) is 5.26 Å². The summed E-state index contributed by atoms with van der Waals surface area (Å²) in [7, 11) is 0. The molecular weight excluding hydrogens is 545 g/mol. The molecular formula is C29H31ClFN9O. The number of anilines is 2.